The number of carboxylic acids is 1. The van der Waals surface area contributed by atoms with Crippen LogP contribution in [0.5, 0.6) is 0 Å². The van der Waals surface area contributed by atoms with E-state index in [-0.39, 0.29) is 0 Å². The van der Waals surface area contributed by atoms with Gasteiger partial charge in [0.1, 0.15) is 0 Å². The molecule has 2 rings (SSSR count). The van der Waals surface area contributed by atoms with Crippen molar-refractivity contribution >= 4 is 16.9 Å². The number of carboxylic acid groups (broad SMARTS) is 1. The second kappa shape index (κ2) is 3.35. The van der Waals surface area contributed by atoms with E-state index in [0.29, 0.717) is 5.56 Å². The summed E-state index contributed by atoms with van der Waals surface area (Å²) in [6.45, 7) is 3.70. The molecule has 0 aliphatic carbocycles. The molecule has 0 spiro atoms. The fourth-order valence-corrected chi connectivity index (χ4v) is 1.61. The van der Waals surface area contributed by atoms with Crippen LogP contribution in [0, 0.1) is 13.8 Å². The largest absolute Gasteiger partial charge is 0.478 e. The number of carbonyl (C=O) groups is 1. The Hall–Kier alpha value is -1.90. The lowest BCUT2D eigenvalue weighted by atomic mass is 10.0. The third kappa shape index (κ3) is 1.68. The predicted molar refractivity (Wildman–Crippen MR) is 58.2 cm³/mol. The molecule has 1 aromatic heterocycles. The minimum atomic E-state index is -0.894. The van der Waals surface area contributed by atoms with Crippen molar-refractivity contribution in [2.24, 2.45) is 0 Å². The second-order valence-corrected chi connectivity index (χ2v) is 3.62. The van der Waals surface area contributed by atoms with Crippen molar-refractivity contribution in [3.8, 4) is 0 Å². The van der Waals surface area contributed by atoms with Crippen LogP contribution in [0.4, 0.5) is 0 Å². The summed E-state index contributed by atoms with van der Waals surface area (Å²) >= 11 is 0. The molecule has 1 N–H and O–H groups in total. The lowest BCUT2D eigenvalue weighted by Gasteiger charge is -2.04. The lowest BCUT2D eigenvalue weighted by molar-refractivity contribution is 0.0696. The van der Waals surface area contributed by atoms with Crippen molar-refractivity contribution in [3.63, 3.8) is 0 Å². The first-order chi connectivity index (χ1) is 7.08. The van der Waals surface area contributed by atoms with Crippen LogP contribution in [0.25, 0.3) is 10.9 Å². The highest BCUT2D eigenvalue weighted by molar-refractivity contribution is 5.95. The molecule has 0 amide bonds. The van der Waals surface area contributed by atoms with E-state index in [4.69, 9.17) is 5.11 Å². The van der Waals surface area contributed by atoms with Gasteiger partial charge in [-0.3, -0.25) is 4.98 Å². The lowest BCUT2D eigenvalue weighted by Crippen LogP contribution is -2.00. The van der Waals surface area contributed by atoms with Crippen molar-refractivity contribution in [2.45, 2.75) is 13.8 Å². The minimum Gasteiger partial charge on any atom is -0.478 e. The smallest absolute Gasteiger partial charge is 0.335 e. The van der Waals surface area contributed by atoms with Crippen LogP contribution in [0.15, 0.2) is 24.3 Å². The van der Waals surface area contributed by atoms with Gasteiger partial charge in [-0.15, -0.1) is 0 Å². The van der Waals surface area contributed by atoms with Crippen LogP contribution in [0.2, 0.25) is 0 Å². The molecule has 0 aliphatic heterocycles. The summed E-state index contributed by atoms with van der Waals surface area (Å²) in [7, 11) is 0. The molecule has 15 heavy (non-hydrogen) atoms. The minimum absolute atomic E-state index is 0.341. The van der Waals surface area contributed by atoms with Crippen molar-refractivity contribution in [1.29, 1.82) is 0 Å². The van der Waals surface area contributed by atoms with Gasteiger partial charge in [0.25, 0.3) is 0 Å². The number of rotatable bonds is 1. The molecule has 76 valence electrons. The highest BCUT2D eigenvalue weighted by Gasteiger charge is 2.08. The zero-order valence-corrected chi connectivity index (χ0v) is 8.61. The standard InChI is InChI=1S/C12H11NO2/c1-7-5-11-9(4-3-8(2)13-11)6-10(7)12(14)15/h3-6H,1-2H3,(H,14,15). The number of hydrogen-bond donors (Lipinski definition) is 1. The van der Waals surface area contributed by atoms with E-state index in [1.165, 1.54) is 0 Å². The summed E-state index contributed by atoms with van der Waals surface area (Å²) in [5.41, 5.74) is 2.86. The monoisotopic (exact) mass is 201 g/mol. The first kappa shape index (κ1) is 9.65. The van der Waals surface area contributed by atoms with Gasteiger partial charge in [0.15, 0.2) is 0 Å². The zero-order chi connectivity index (χ0) is 11.0. The number of nitrogens with zero attached hydrogens (tertiary/aromatic N) is 1. The zero-order valence-electron chi connectivity index (χ0n) is 8.61. The van der Waals surface area contributed by atoms with Crippen LogP contribution >= 0.6 is 0 Å². The third-order valence-corrected chi connectivity index (χ3v) is 2.40. The molecule has 0 aliphatic rings. The molecule has 0 atom stereocenters. The molecule has 0 radical (unpaired) electrons. The van der Waals surface area contributed by atoms with E-state index >= 15 is 0 Å². The molecular weight excluding hydrogens is 190 g/mol. The number of benzene rings is 1. The summed E-state index contributed by atoms with van der Waals surface area (Å²) in [4.78, 5) is 15.3. The van der Waals surface area contributed by atoms with Gasteiger partial charge in [-0.25, -0.2) is 4.79 Å². The van der Waals surface area contributed by atoms with Crippen molar-refractivity contribution in [2.75, 3.05) is 0 Å². The highest BCUT2D eigenvalue weighted by Crippen LogP contribution is 2.18. The quantitative estimate of drug-likeness (QED) is 0.771. The highest BCUT2D eigenvalue weighted by atomic mass is 16.4. The van der Waals surface area contributed by atoms with E-state index in [1.54, 1.807) is 13.0 Å². The van der Waals surface area contributed by atoms with Gasteiger partial charge >= 0.3 is 5.97 Å². The van der Waals surface area contributed by atoms with Gasteiger partial charge in [-0.1, -0.05) is 6.07 Å². The topological polar surface area (TPSA) is 50.2 Å². The van der Waals surface area contributed by atoms with Crippen LogP contribution in [-0.4, -0.2) is 16.1 Å². The van der Waals surface area contributed by atoms with Crippen molar-refractivity contribution < 1.29 is 9.90 Å². The summed E-state index contributed by atoms with van der Waals surface area (Å²) in [6.07, 6.45) is 0. The summed E-state index contributed by atoms with van der Waals surface area (Å²) < 4.78 is 0. The van der Waals surface area contributed by atoms with E-state index in [2.05, 4.69) is 4.98 Å². The van der Waals surface area contributed by atoms with Gasteiger partial charge in [0.2, 0.25) is 0 Å². The van der Waals surface area contributed by atoms with Gasteiger partial charge < -0.3 is 5.11 Å². The number of aryl methyl sites for hydroxylation is 2. The average molecular weight is 201 g/mol. The Labute approximate surface area is 87.4 Å². The Morgan fingerprint density at radius 3 is 2.67 bits per heavy atom. The third-order valence-electron chi connectivity index (χ3n) is 2.40. The van der Waals surface area contributed by atoms with E-state index in [9.17, 15) is 4.79 Å². The number of pyridine rings is 1. The molecule has 0 fully saturated rings. The molecule has 0 unspecified atom stereocenters. The number of fused-ring (bicyclic) bond motifs is 1. The molecule has 3 heteroatoms. The number of aromatic carboxylic acids is 1. The van der Waals surface area contributed by atoms with Gasteiger partial charge in [0.05, 0.1) is 11.1 Å². The second-order valence-electron chi connectivity index (χ2n) is 3.62. The maximum Gasteiger partial charge on any atom is 0.335 e. The Balaban J connectivity index is 2.76. The molecule has 3 nitrogen and oxygen atoms in total. The molecule has 0 saturated carbocycles. The first-order valence-corrected chi connectivity index (χ1v) is 4.69. The summed E-state index contributed by atoms with van der Waals surface area (Å²) in [6, 6.07) is 7.25. The maximum absolute atomic E-state index is 10.9. The predicted octanol–water partition coefficient (Wildman–Crippen LogP) is 2.55. The van der Waals surface area contributed by atoms with Crippen LogP contribution in [-0.2, 0) is 0 Å². The molecule has 0 saturated heterocycles. The summed E-state index contributed by atoms with van der Waals surface area (Å²) in [5.74, 6) is -0.894. The van der Waals surface area contributed by atoms with E-state index < -0.39 is 5.97 Å². The van der Waals surface area contributed by atoms with Gasteiger partial charge in [0, 0.05) is 11.1 Å². The Kier molecular flexibility index (Phi) is 2.15. The van der Waals surface area contributed by atoms with Crippen LogP contribution in [0.3, 0.4) is 0 Å². The fraction of sp³-hybridized carbons (Fsp3) is 0.167. The van der Waals surface area contributed by atoms with Gasteiger partial charge in [-0.2, -0.15) is 0 Å². The molecular formula is C12H11NO2. The van der Waals surface area contributed by atoms with Crippen LogP contribution in [0.1, 0.15) is 21.6 Å². The van der Waals surface area contributed by atoms with E-state index in [0.717, 1.165) is 22.2 Å². The average Bonchev–Trinajstić information content (AvgIpc) is 2.15. The van der Waals surface area contributed by atoms with Crippen molar-refractivity contribution in [1.82, 2.24) is 4.98 Å². The molecule has 2 aromatic rings. The number of hydrogen-bond acceptors (Lipinski definition) is 2. The Morgan fingerprint density at radius 2 is 2.00 bits per heavy atom. The van der Waals surface area contributed by atoms with Crippen LogP contribution < -0.4 is 0 Å². The normalized spacial score (nSPS) is 10.5. The van der Waals surface area contributed by atoms with Gasteiger partial charge in [-0.05, 0) is 37.6 Å². The number of aromatic nitrogens is 1. The molecule has 1 heterocycles. The SMILES string of the molecule is Cc1ccc2cc(C(=O)O)c(C)cc2n1. The van der Waals surface area contributed by atoms with E-state index in [1.807, 2.05) is 25.1 Å². The fourth-order valence-electron chi connectivity index (χ4n) is 1.61. The first-order valence-electron chi connectivity index (χ1n) is 4.69. The maximum atomic E-state index is 10.9. The Bertz CT molecular complexity index is 547. The summed E-state index contributed by atoms with van der Waals surface area (Å²) in [5, 5.41) is 9.82. The molecule has 0 bridgehead atoms. The Morgan fingerprint density at radius 1 is 1.27 bits per heavy atom. The van der Waals surface area contributed by atoms with Crippen molar-refractivity contribution in [3.05, 3.63) is 41.1 Å². The molecule has 1 aromatic carbocycles.